The molecule has 39 heavy (non-hydrogen) atoms. The van der Waals surface area contributed by atoms with Gasteiger partial charge in [-0.05, 0) is 76.2 Å². The molecule has 1 saturated heterocycles. The first-order chi connectivity index (χ1) is 18.1. The van der Waals surface area contributed by atoms with E-state index in [2.05, 4.69) is 16.0 Å². The summed E-state index contributed by atoms with van der Waals surface area (Å²) in [6.07, 6.45) is 5.42. The lowest BCUT2D eigenvalue weighted by Crippen LogP contribution is -2.60. The van der Waals surface area contributed by atoms with Crippen LogP contribution in [0.25, 0.3) is 0 Å². The van der Waals surface area contributed by atoms with Crippen molar-refractivity contribution < 1.29 is 28.8 Å². The van der Waals surface area contributed by atoms with Crippen LogP contribution in [0.4, 0.5) is 4.79 Å². The Morgan fingerprint density at radius 3 is 2.23 bits per heavy atom. The van der Waals surface area contributed by atoms with Crippen molar-refractivity contribution in [2.24, 2.45) is 28.9 Å². The zero-order chi connectivity index (χ0) is 29.3. The lowest BCUT2D eigenvalue weighted by Gasteiger charge is -2.36. The van der Waals surface area contributed by atoms with Crippen molar-refractivity contribution >= 4 is 35.3 Å². The van der Waals surface area contributed by atoms with Crippen molar-refractivity contribution in [2.45, 2.75) is 97.3 Å². The van der Waals surface area contributed by atoms with Gasteiger partial charge in [-0.25, -0.2) is 4.79 Å². The Hall–Kier alpha value is -3.24. The molecule has 0 spiro atoms. The quantitative estimate of drug-likeness (QED) is 0.225. The van der Waals surface area contributed by atoms with Gasteiger partial charge in [0.15, 0.2) is 5.78 Å². The zero-order valence-electron chi connectivity index (χ0n) is 23.8. The summed E-state index contributed by atoms with van der Waals surface area (Å²) in [6.45, 7) is 11.5. The summed E-state index contributed by atoms with van der Waals surface area (Å²) in [5, 5.41) is 8.22. The predicted octanol–water partition coefficient (Wildman–Crippen LogP) is 1.20. The predicted molar refractivity (Wildman–Crippen MR) is 144 cm³/mol. The zero-order valence-corrected chi connectivity index (χ0v) is 23.8. The van der Waals surface area contributed by atoms with Gasteiger partial charge in [-0.2, -0.15) is 0 Å². The number of likely N-dealkylation sites (tertiary alicyclic amines) is 1. The number of nitrogens with two attached hydrogens (primary N) is 1. The second kappa shape index (κ2) is 11.5. The third-order valence-electron chi connectivity index (χ3n) is 8.33. The summed E-state index contributed by atoms with van der Waals surface area (Å²) >= 11 is 0. The number of nitrogens with one attached hydrogen (secondary N) is 3. The molecule has 216 valence electrons. The first kappa shape index (κ1) is 30.3. The van der Waals surface area contributed by atoms with Crippen LogP contribution >= 0.6 is 0 Å². The van der Waals surface area contributed by atoms with Crippen molar-refractivity contribution in [1.29, 1.82) is 0 Å². The van der Waals surface area contributed by atoms with Gasteiger partial charge in [-0.1, -0.05) is 26.3 Å². The van der Waals surface area contributed by atoms with Crippen LogP contribution in [0.2, 0.25) is 0 Å². The van der Waals surface area contributed by atoms with E-state index in [-0.39, 0.29) is 41.8 Å². The van der Waals surface area contributed by atoms with Gasteiger partial charge in [0.05, 0.1) is 0 Å². The molecule has 1 heterocycles. The van der Waals surface area contributed by atoms with Gasteiger partial charge in [0.25, 0.3) is 5.91 Å². The van der Waals surface area contributed by atoms with E-state index >= 15 is 0 Å². The molecule has 11 nitrogen and oxygen atoms in total. The van der Waals surface area contributed by atoms with Gasteiger partial charge in [0.2, 0.25) is 17.6 Å². The molecular weight excluding hydrogens is 502 g/mol. The fourth-order valence-electron chi connectivity index (χ4n) is 5.92. The number of hydrogen-bond acceptors (Lipinski definition) is 6. The second-order valence-corrected chi connectivity index (χ2v) is 12.7. The standard InChI is InChI=1S/C28H43N5O6/c1-7-9-16(34)12-13-18(30-26(39)32-27(2,3)4)25(38)33-14-17-19(28(17,5)6)21(33)24(37)31-20(15-10-8-11-15)22(35)23(29)36/h7,9,15,17-21H,8,10-14H2,1-6H3,(H2,29,36)(H,31,37)(H2,30,32,39)/b9-7+/t17?,18-,19?,20?,21?/m0/s1. The number of primary amides is 1. The van der Waals surface area contributed by atoms with E-state index in [1.165, 1.54) is 11.0 Å². The number of fused-ring (bicyclic) bond motifs is 1. The molecule has 0 aromatic rings. The number of rotatable bonds is 11. The van der Waals surface area contributed by atoms with Crippen LogP contribution in [-0.2, 0) is 24.0 Å². The molecule has 5 amide bonds. The SMILES string of the molecule is C/C=C/C(=O)CC[C@H](NC(=O)NC(C)(C)C)C(=O)N1CC2C(C1C(=O)NC(C(=O)C(N)=O)C1CCC1)C2(C)C. The number of nitrogens with zero attached hydrogens (tertiary/aromatic N) is 1. The van der Waals surface area contributed by atoms with Crippen molar-refractivity contribution in [3.05, 3.63) is 12.2 Å². The average Bonchev–Trinajstić information content (AvgIpc) is 3.12. The van der Waals surface area contributed by atoms with E-state index < -0.39 is 53.2 Å². The molecule has 4 unspecified atom stereocenters. The first-order valence-corrected chi connectivity index (χ1v) is 13.8. The molecule has 2 aliphatic carbocycles. The monoisotopic (exact) mass is 545 g/mol. The maximum Gasteiger partial charge on any atom is 0.315 e. The minimum Gasteiger partial charge on any atom is -0.363 e. The van der Waals surface area contributed by atoms with Crippen LogP contribution in [0.15, 0.2) is 12.2 Å². The highest BCUT2D eigenvalue weighted by Gasteiger charge is 2.69. The molecule has 1 aliphatic heterocycles. The van der Waals surface area contributed by atoms with Crippen molar-refractivity contribution in [2.75, 3.05) is 6.54 Å². The Balaban J connectivity index is 1.83. The minimum atomic E-state index is -1.10. The summed E-state index contributed by atoms with van der Waals surface area (Å²) in [7, 11) is 0. The topological polar surface area (TPSA) is 168 Å². The number of piperidine rings is 1. The Kier molecular flexibility index (Phi) is 8.92. The Morgan fingerprint density at radius 2 is 1.72 bits per heavy atom. The van der Waals surface area contributed by atoms with E-state index in [1.54, 1.807) is 33.8 Å². The summed E-state index contributed by atoms with van der Waals surface area (Å²) < 4.78 is 0. The average molecular weight is 546 g/mol. The molecule has 5 N–H and O–H groups in total. The molecule has 3 rings (SSSR count). The summed E-state index contributed by atoms with van der Waals surface area (Å²) in [5.74, 6) is -3.32. The number of allylic oxidation sites excluding steroid dienone is 2. The van der Waals surface area contributed by atoms with E-state index in [9.17, 15) is 28.8 Å². The highest BCUT2D eigenvalue weighted by atomic mass is 16.2. The lowest BCUT2D eigenvalue weighted by atomic mass is 9.78. The highest BCUT2D eigenvalue weighted by Crippen LogP contribution is 2.65. The molecule has 11 heteroatoms. The maximum atomic E-state index is 13.9. The van der Waals surface area contributed by atoms with Crippen LogP contribution in [-0.4, -0.2) is 70.4 Å². The number of Topliss-reactive ketones (excluding diaryl/α,β-unsaturated/α-hetero) is 1. The molecule has 0 radical (unpaired) electrons. The van der Waals surface area contributed by atoms with Crippen molar-refractivity contribution in [3.8, 4) is 0 Å². The molecule has 5 atom stereocenters. The van der Waals surface area contributed by atoms with E-state index in [0.29, 0.717) is 19.4 Å². The van der Waals surface area contributed by atoms with E-state index in [4.69, 9.17) is 5.73 Å². The fraction of sp³-hybridized carbons (Fsp3) is 0.714. The summed E-state index contributed by atoms with van der Waals surface area (Å²) in [6, 6.07) is -3.48. The molecule has 0 bridgehead atoms. The third-order valence-corrected chi connectivity index (χ3v) is 8.33. The lowest BCUT2D eigenvalue weighted by molar-refractivity contribution is -0.144. The van der Waals surface area contributed by atoms with Crippen LogP contribution in [0.3, 0.4) is 0 Å². The smallest absolute Gasteiger partial charge is 0.315 e. The molecule has 0 aromatic carbocycles. The van der Waals surface area contributed by atoms with Gasteiger partial charge >= 0.3 is 6.03 Å². The van der Waals surface area contributed by atoms with E-state index in [0.717, 1.165) is 6.42 Å². The molecular formula is C28H43N5O6. The van der Waals surface area contributed by atoms with Gasteiger partial charge in [-0.3, -0.25) is 24.0 Å². The summed E-state index contributed by atoms with van der Waals surface area (Å²) in [5.41, 5.74) is 4.52. The Labute approximate surface area is 230 Å². The fourth-order valence-corrected chi connectivity index (χ4v) is 5.92. The minimum absolute atomic E-state index is 0.0382. The van der Waals surface area contributed by atoms with Crippen LogP contribution < -0.4 is 21.7 Å². The second-order valence-electron chi connectivity index (χ2n) is 12.7. The van der Waals surface area contributed by atoms with Gasteiger partial charge in [0, 0.05) is 18.5 Å². The number of ketones is 2. The normalized spacial score (nSPS) is 25.2. The van der Waals surface area contributed by atoms with Crippen molar-refractivity contribution in [3.63, 3.8) is 0 Å². The van der Waals surface area contributed by atoms with E-state index in [1.807, 2.05) is 13.8 Å². The number of amides is 5. The summed E-state index contributed by atoms with van der Waals surface area (Å²) in [4.78, 5) is 78.1. The first-order valence-electron chi connectivity index (χ1n) is 13.8. The third kappa shape index (κ3) is 6.86. The van der Waals surface area contributed by atoms with Crippen molar-refractivity contribution in [1.82, 2.24) is 20.9 Å². The van der Waals surface area contributed by atoms with Crippen LogP contribution in [0.5, 0.6) is 0 Å². The van der Waals surface area contributed by atoms with Gasteiger partial charge in [0.1, 0.15) is 18.1 Å². The number of carbonyl (C=O) groups excluding carboxylic acids is 6. The van der Waals surface area contributed by atoms with Crippen LogP contribution in [0.1, 0.15) is 73.6 Å². The Bertz CT molecular complexity index is 1060. The molecule has 3 fully saturated rings. The van der Waals surface area contributed by atoms with Gasteiger partial charge < -0.3 is 26.6 Å². The highest BCUT2D eigenvalue weighted by molar-refractivity contribution is 6.38. The Morgan fingerprint density at radius 1 is 1.08 bits per heavy atom. The number of hydrogen-bond donors (Lipinski definition) is 4. The molecule has 0 aromatic heterocycles. The molecule has 2 saturated carbocycles. The number of carbonyl (C=O) groups is 6. The van der Waals surface area contributed by atoms with Gasteiger partial charge in [-0.15, -0.1) is 0 Å². The maximum absolute atomic E-state index is 13.9. The largest absolute Gasteiger partial charge is 0.363 e. The van der Waals surface area contributed by atoms with Crippen LogP contribution in [0, 0.1) is 23.2 Å². The number of urea groups is 1. The molecule has 3 aliphatic rings.